The van der Waals surface area contributed by atoms with E-state index in [1.807, 2.05) is 48.5 Å². The van der Waals surface area contributed by atoms with E-state index in [2.05, 4.69) is 10.3 Å². The van der Waals surface area contributed by atoms with Crippen LogP contribution in [0.3, 0.4) is 0 Å². The third-order valence-corrected chi connectivity index (χ3v) is 4.39. The topological polar surface area (TPSA) is 62.2 Å². The van der Waals surface area contributed by atoms with Crippen LogP contribution in [0.5, 0.6) is 0 Å². The van der Waals surface area contributed by atoms with E-state index >= 15 is 0 Å². The molecule has 1 heterocycles. The van der Waals surface area contributed by atoms with Gasteiger partial charge in [-0.1, -0.05) is 48.0 Å². The monoisotopic (exact) mass is 348 g/mol. The highest BCUT2D eigenvalue weighted by molar-refractivity contribution is 6.33. The number of hydrogen-bond acceptors (Lipinski definition) is 3. The van der Waals surface area contributed by atoms with E-state index < -0.39 is 5.97 Å². The van der Waals surface area contributed by atoms with Crippen molar-refractivity contribution in [2.24, 2.45) is 0 Å². The van der Waals surface area contributed by atoms with Crippen molar-refractivity contribution in [1.82, 2.24) is 4.98 Å². The zero-order valence-corrected chi connectivity index (χ0v) is 13.8. The molecule has 3 aromatic carbocycles. The Balaban J connectivity index is 1.97. The molecule has 0 atom stereocenters. The summed E-state index contributed by atoms with van der Waals surface area (Å²) in [5.41, 5.74) is 3.28. The summed E-state index contributed by atoms with van der Waals surface area (Å²) in [6, 6.07) is 20.2. The molecule has 0 fully saturated rings. The minimum Gasteiger partial charge on any atom is -0.478 e. The van der Waals surface area contributed by atoms with Crippen molar-refractivity contribution in [2.75, 3.05) is 5.32 Å². The maximum atomic E-state index is 11.3. The highest BCUT2D eigenvalue weighted by atomic mass is 35.5. The summed E-state index contributed by atoms with van der Waals surface area (Å²) in [4.78, 5) is 15.9. The largest absolute Gasteiger partial charge is 0.478 e. The Kier molecular flexibility index (Phi) is 3.75. The average Bonchev–Trinajstić information content (AvgIpc) is 2.63. The number of halogens is 1. The van der Waals surface area contributed by atoms with Crippen molar-refractivity contribution < 1.29 is 9.90 Å². The van der Waals surface area contributed by atoms with Crippen LogP contribution in [0.1, 0.15) is 10.4 Å². The third-order valence-electron chi connectivity index (χ3n) is 4.06. The number of benzene rings is 3. The fourth-order valence-electron chi connectivity index (χ4n) is 2.86. The SMILES string of the molecule is O=C(O)c1ccc(Cl)c(Nc2c3ccccc3nc3ccccc23)c1. The molecule has 2 N–H and O–H groups in total. The van der Waals surface area contributed by atoms with Crippen molar-refractivity contribution >= 4 is 50.8 Å². The van der Waals surface area contributed by atoms with Crippen LogP contribution < -0.4 is 5.32 Å². The minimum atomic E-state index is -0.996. The quantitative estimate of drug-likeness (QED) is 0.481. The van der Waals surface area contributed by atoms with Crippen molar-refractivity contribution in [2.45, 2.75) is 0 Å². The number of anilines is 2. The number of carboxylic acid groups (broad SMARTS) is 1. The van der Waals surface area contributed by atoms with Crippen LogP contribution in [-0.2, 0) is 0 Å². The number of pyridine rings is 1. The molecule has 0 unspecified atom stereocenters. The molecule has 0 radical (unpaired) electrons. The molecule has 4 aromatic rings. The molecule has 0 aliphatic rings. The maximum Gasteiger partial charge on any atom is 0.335 e. The smallest absolute Gasteiger partial charge is 0.335 e. The lowest BCUT2D eigenvalue weighted by Crippen LogP contribution is -2.00. The van der Waals surface area contributed by atoms with Gasteiger partial charge < -0.3 is 10.4 Å². The lowest BCUT2D eigenvalue weighted by Gasteiger charge is -2.14. The van der Waals surface area contributed by atoms with Crippen molar-refractivity contribution in [3.8, 4) is 0 Å². The normalized spacial score (nSPS) is 10.9. The molecular formula is C20H13ClN2O2. The molecule has 0 saturated heterocycles. The van der Waals surface area contributed by atoms with Gasteiger partial charge in [0.05, 0.1) is 33.0 Å². The third kappa shape index (κ3) is 2.77. The Bertz CT molecular complexity index is 1070. The number of carbonyl (C=O) groups is 1. The molecule has 5 heteroatoms. The van der Waals surface area contributed by atoms with Crippen molar-refractivity contribution in [3.63, 3.8) is 0 Å². The Hall–Kier alpha value is -3.11. The Labute approximate surface area is 148 Å². The lowest BCUT2D eigenvalue weighted by molar-refractivity contribution is 0.0697. The highest BCUT2D eigenvalue weighted by Crippen LogP contribution is 2.35. The average molecular weight is 349 g/mol. The van der Waals surface area contributed by atoms with E-state index in [-0.39, 0.29) is 5.56 Å². The van der Waals surface area contributed by atoms with E-state index in [0.29, 0.717) is 10.7 Å². The summed E-state index contributed by atoms with van der Waals surface area (Å²) in [7, 11) is 0. The van der Waals surface area contributed by atoms with Gasteiger partial charge in [0.15, 0.2) is 0 Å². The van der Waals surface area contributed by atoms with E-state index in [0.717, 1.165) is 27.5 Å². The summed E-state index contributed by atoms with van der Waals surface area (Å²) in [6.45, 7) is 0. The Morgan fingerprint density at radius 2 is 1.52 bits per heavy atom. The number of aromatic carboxylic acids is 1. The Morgan fingerprint density at radius 1 is 0.920 bits per heavy atom. The van der Waals surface area contributed by atoms with Gasteiger partial charge in [-0.05, 0) is 30.3 Å². The second-order valence-electron chi connectivity index (χ2n) is 5.65. The first-order chi connectivity index (χ1) is 12.1. The summed E-state index contributed by atoms with van der Waals surface area (Å²) >= 11 is 6.28. The number of nitrogens with zero attached hydrogens (tertiary/aromatic N) is 1. The molecule has 1 aromatic heterocycles. The molecule has 0 aliphatic heterocycles. The first kappa shape index (κ1) is 15.4. The van der Waals surface area contributed by atoms with Crippen LogP contribution >= 0.6 is 11.6 Å². The van der Waals surface area contributed by atoms with Gasteiger partial charge >= 0.3 is 5.97 Å². The Morgan fingerprint density at radius 3 is 2.12 bits per heavy atom. The van der Waals surface area contributed by atoms with Crippen LogP contribution in [0, 0.1) is 0 Å². The van der Waals surface area contributed by atoms with Gasteiger partial charge in [0.25, 0.3) is 0 Å². The minimum absolute atomic E-state index is 0.176. The number of carboxylic acids is 1. The van der Waals surface area contributed by atoms with Gasteiger partial charge in [0.2, 0.25) is 0 Å². The maximum absolute atomic E-state index is 11.3. The van der Waals surface area contributed by atoms with Gasteiger partial charge in [-0.2, -0.15) is 0 Å². The number of fused-ring (bicyclic) bond motifs is 2. The predicted octanol–water partition coefficient (Wildman–Crippen LogP) is 5.48. The number of rotatable bonds is 3. The zero-order valence-electron chi connectivity index (χ0n) is 13.0. The highest BCUT2D eigenvalue weighted by Gasteiger charge is 2.12. The molecule has 122 valence electrons. The van der Waals surface area contributed by atoms with E-state index in [1.165, 1.54) is 12.1 Å². The van der Waals surface area contributed by atoms with Crippen molar-refractivity contribution in [3.05, 3.63) is 77.3 Å². The molecular weight excluding hydrogens is 336 g/mol. The van der Waals surface area contributed by atoms with E-state index in [1.54, 1.807) is 6.07 Å². The van der Waals surface area contributed by atoms with Gasteiger partial charge in [-0.3, -0.25) is 0 Å². The van der Waals surface area contributed by atoms with Crippen LogP contribution in [0.15, 0.2) is 66.7 Å². The van der Waals surface area contributed by atoms with Crippen LogP contribution in [-0.4, -0.2) is 16.1 Å². The number of hydrogen-bond donors (Lipinski definition) is 2. The number of aromatic nitrogens is 1. The van der Waals surface area contributed by atoms with Gasteiger partial charge in [-0.25, -0.2) is 9.78 Å². The van der Waals surface area contributed by atoms with E-state index in [4.69, 9.17) is 11.6 Å². The van der Waals surface area contributed by atoms with Crippen LogP contribution in [0.4, 0.5) is 11.4 Å². The van der Waals surface area contributed by atoms with Crippen molar-refractivity contribution in [1.29, 1.82) is 0 Å². The first-order valence-corrected chi connectivity index (χ1v) is 8.08. The van der Waals surface area contributed by atoms with E-state index in [9.17, 15) is 9.90 Å². The predicted molar refractivity (Wildman–Crippen MR) is 101 cm³/mol. The van der Waals surface area contributed by atoms with Crippen LogP contribution in [0.2, 0.25) is 5.02 Å². The first-order valence-electron chi connectivity index (χ1n) is 7.71. The van der Waals surface area contributed by atoms with Gasteiger partial charge in [0.1, 0.15) is 0 Å². The summed E-state index contributed by atoms with van der Waals surface area (Å²) in [5, 5.41) is 14.9. The fraction of sp³-hybridized carbons (Fsp3) is 0. The molecule has 4 rings (SSSR count). The molecule has 0 amide bonds. The summed E-state index contributed by atoms with van der Waals surface area (Å²) in [6.07, 6.45) is 0. The molecule has 0 aliphatic carbocycles. The summed E-state index contributed by atoms with van der Waals surface area (Å²) in [5.74, 6) is -0.996. The zero-order chi connectivity index (χ0) is 17.4. The molecule has 0 bridgehead atoms. The number of para-hydroxylation sites is 2. The standard InChI is InChI=1S/C20H13ClN2O2/c21-15-10-9-12(20(24)25)11-18(15)23-19-13-5-1-3-7-16(13)22-17-8-4-2-6-14(17)19/h1-11H,(H,22,23)(H,24,25). The number of nitrogens with one attached hydrogen (secondary N) is 1. The molecule has 25 heavy (non-hydrogen) atoms. The molecule has 0 saturated carbocycles. The molecule has 4 nitrogen and oxygen atoms in total. The van der Waals surface area contributed by atoms with Crippen LogP contribution in [0.25, 0.3) is 21.8 Å². The second-order valence-corrected chi connectivity index (χ2v) is 6.05. The lowest BCUT2D eigenvalue weighted by atomic mass is 10.1. The summed E-state index contributed by atoms with van der Waals surface area (Å²) < 4.78 is 0. The molecule has 0 spiro atoms. The fourth-order valence-corrected chi connectivity index (χ4v) is 3.03. The van der Waals surface area contributed by atoms with Gasteiger partial charge in [0, 0.05) is 10.8 Å². The van der Waals surface area contributed by atoms with Gasteiger partial charge in [-0.15, -0.1) is 0 Å². The second kappa shape index (κ2) is 6.07.